The van der Waals surface area contributed by atoms with Crippen molar-refractivity contribution in [3.63, 3.8) is 0 Å². The molecule has 0 atom stereocenters. The molecule has 6 aromatic rings. The molecular formula is C60H78Cl2N6Ni7O26. The van der Waals surface area contributed by atoms with Crippen molar-refractivity contribution in [3.8, 4) is 69.0 Å². The fraction of sp³-hybridized carbons (Fsp3) is 0.300. The number of ether oxygens (including phenoxy) is 6. The van der Waals surface area contributed by atoms with Crippen molar-refractivity contribution in [1.29, 1.82) is 0 Å². The van der Waals surface area contributed by atoms with E-state index in [4.69, 9.17) is 96.3 Å². The van der Waals surface area contributed by atoms with Crippen LogP contribution in [-0.4, -0.2) is 165 Å². The number of halogens is 2. The van der Waals surface area contributed by atoms with Gasteiger partial charge in [-0.25, -0.2) is 37.3 Å². The van der Waals surface area contributed by atoms with Gasteiger partial charge in [0.05, 0.1) is 42.7 Å². The molecule has 6 rings (SSSR count). The number of hydrogen-bond donors (Lipinski definition) is 0. The Bertz CT molecular complexity index is 2500. The van der Waals surface area contributed by atoms with Crippen LogP contribution in [0.5, 0.6) is 69.0 Å². The van der Waals surface area contributed by atoms with Crippen LogP contribution in [0.15, 0.2) is 139 Å². The third-order valence-electron chi connectivity index (χ3n) is 8.98. The minimum Gasteiger partial charge on any atom is -0.870 e. The fourth-order valence-corrected chi connectivity index (χ4v) is 5.61. The zero-order valence-electron chi connectivity index (χ0n) is 57.1. The standard InChI is InChI=1S/6C9H11NO2.6CH3O.2ClHO4.7Ni/c6*1-10-6-7-4-3-5-8(12-2)9(7)11;6*1-2;2*2-1(3,4)5;;;;;;;/h6*3-6,11H,1-2H3;6*1H3;2*(H,2,3,4,5);;;;;;;/q;;;;;;6*-1;;;7*+2/p-8. The topological polar surface area (TPSA) is 591 Å². The van der Waals surface area contributed by atoms with Gasteiger partial charge in [-0.05, 0) is 69.8 Å². The smallest absolute Gasteiger partial charge is 0.870 e. The Morgan fingerprint density at radius 2 is 0.317 bits per heavy atom. The normalized spacial score (nSPS) is 9.03. The van der Waals surface area contributed by atoms with Crippen molar-refractivity contribution in [1.82, 2.24) is 0 Å². The summed E-state index contributed by atoms with van der Waals surface area (Å²) in [5.74, 6) is 1.41. The fourth-order valence-electron chi connectivity index (χ4n) is 5.61. The molecule has 0 radical (unpaired) electrons. The number of benzene rings is 6. The Morgan fingerprint density at radius 1 is 0.228 bits per heavy atom. The minimum atomic E-state index is -4.94. The first-order chi connectivity index (χ1) is 44.7. The van der Waals surface area contributed by atoms with Crippen LogP contribution in [0, 0.1) is 20.5 Å². The van der Waals surface area contributed by atoms with Gasteiger partial charge in [0.25, 0.3) is 0 Å². The largest absolute Gasteiger partial charge is 2.00 e. The maximum atomic E-state index is 11.4. The third-order valence-corrected chi connectivity index (χ3v) is 8.98. The Morgan fingerprint density at radius 3 is 0.386 bits per heavy atom. The number of aliphatic imine (C=N–C) groups is 6. The zero-order valence-corrected chi connectivity index (χ0v) is 65.5. The summed E-state index contributed by atoms with van der Waals surface area (Å²) in [6.07, 6.45) is 9.11. The van der Waals surface area contributed by atoms with E-state index in [2.05, 4.69) is 30.0 Å². The van der Waals surface area contributed by atoms with Crippen LogP contribution >= 0.6 is 0 Å². The zero-order chi connectivity index (χ0) is 74.8. The van der Waals surface area contributed by atoms with Crippen LogP contribution in [0.3, 0.4) is 0 Å². The second-order valence-corrected chi connectivity index (χ2v) is 15.9. The van der Waals surface area contributed by atoms with Gasteiger partial charge in [-0.2, -0.15) is 42.7 Å². The molecule has 0 heterocycles. The van der Waals surface area contributed by atoms with Gasteiger partial charge >= 0.3 is 115 Å². The van der Waals surface area contributed by atoms with E-state index in [1.54, 1.807) is 151 Å². The molecule has 32 nitrogen and oxygen atoms in total. The molecule has 0 aliphatic carbocycles. The first-order valence-electron chi connectivity index (χ1n) is 25.0. The second kappa shape index (κ2) is 88.6. The summed E-state index contributed by atoms with van der Waals surface area (Å²) < 4.78 is 97.1. The third kappa shape index (κ3) is 68.6. The summed E-state index contributed by atoms with van der Waals surface area (Å²) in [6, 6.07) is 30.6. The van der Waals surface area contributed by atoms with E-state index in [0.717, 1.165) is 42.7 Å². The number of methoxy groups -OCH3 is 6. The number of nitrogens with zero attached hydrogens (tertiary/aromatic N) is 6. The maximum absolute atomic E-state index is 11.4. The van der Waals surface area contributed by atoms with Gasteiger partial charge in [-0.15, -0.1) is 20.5 Å². The Kier molecular flexibility index (Phi) is 115. The Labute approximate surface area is 664 Å². The van der Waals surface area contributed by atoms with Gasteiger partial charge < -0.3 is 89.7 Å². The van der Waals surface area contributed by atoms with Gasteiger partial charge in [0, 0.05) is 79.6 Å². The molecule has 588 valence electrons. The molecule has 41 heteroatoms. The van der Waals surface area contributed by atoms with Crippen molar-refractivity contribution < 1.29 is 263 Å². The van der Waals surface area contributed by atoms with E-state index in [1.807, 2.05) is 0 Å². The van der Waals surface area contributed by atoms with Crippen LogP contribution < -0.4 is 127 Å². The molecule has 0 fully saturated rings. The summed E-state index contributed by atoms with van der Waals surface area (Å²) in [5.41, 5.74) is 3.32. The van der Waals surface area contributed by atoms with Gasteiger partial charge in [-0.1, -0.05) is 107 Å². The number of hydrogen-bond acceptors (Lipinski definition) is 32. The van der Waals surface area contributed by atoms with Gasteiger partial charge in [0.15, 0.2) is 0 Å². The summed E-state index contributed by atoms with van der Waals surface area (Å²) in [5, 5.41) is 118. The average Bonchev–Trinajstić information content (AvgIpc) is 0.927. The van der Waals surface area contributed by atoms with Crippen molar-refractivity contribution in [3.05, 3.63) is 143 Å². The van der Waals surface area contributed by atoms with E-state index in [1.165, 1.54) is 79.9 Å². The molecule has 0 amide bonds. The number of rotatable bonds is 12. The molecule has 0 aromatic heterocycles. The molecule has 0 saturated heterocycles. The van der Waals surface area contributed by atoms with E-state index < -0.39 is 20.5 Å². The first kappa shape index (κ1) is 132. The van der Waals surface area contributed by atoms with Crippen molar-refractivity contribution in [2.24, 2.45) is 30.0 Å². The van der Waals surface area contributed by atoms with E-state index in [0.29, 0.717) is 67.9 Å². The summed E-state index contributed by atoms with van der Waals surface area (Å²) in [4.78, 5) is 22.6. The molecule has 0 N–H and O–H groups in total. The van der Waals surface area contributed by atoms with Crippen LogP contribution in [-0.2, 0) is 115 Å². The molecule has 6 aromatic carbocycles. The SMILES string of the molecule is CN=Cc1cccc(OC)c1[O-].CN=Cc1cccc(OC)c1[O-].CN=Cc1cccc(OC)c1[O-].CN=Cc1cccc(OC)c1[O-].CN=Cc1cccc(OC)c1[O-].CN=Cc1cccc(OC)c1[O-].C[O-].C[O-].C[O-].C[O-].C[O-].C[O-].[Ni+2].[Ni+2].[Ni+2].[Ni+2].[Ni+2].[Ni+2].[Ni+2].[O-][Cl+3]([O-])([O-])[O-].[O-][Cl+3]([O-])([O-])[O-]. The molecule has 101 heavy (non-hydrogen) atoms. The summed E-state index contributed by atoms with van der Waals surface area (Å²) in [6.45, 7) is 0. The monoisotopic (exact) mass is 1770 g/mol. The van der Waals surface area contributed by atoms with Crippen LogP contribution in [0.2, 0.25) is 0 Å². The second-order valence-electron chi connectivity index (χ2n) is 14.4. The van der Waals surface area contributed by atoms with E-state index in [-0.39, 0.29) is 150 Å². The molecule has 0 unspecified atom stereocenters. The van der Waals surface area contributed by atoms with Gasteiger partial charge in [0.2, 0.25) is 0 Å². The van der Waals surface area contributed by atoms with Crippen molar-refractivity contribution in [2.45, 2.75) is 0 Å². The van der Waals surface area contributed by atoms with Crippen LogP contribution in [0.1, 0.15) is 33.4 Å². The van der Waals surface area contributed by atoms with Crippen molar-refractivity contribution in [2.75, 3.05) is 128 Å². The number of para-hydroxylation sites is 6. The quantitative estimate of drug-likeness (QED) is 0.0811. The summed E-state index contributed by atoms with van der Waals surface area (Å²) in [7, 11) is 13.2. The molecule has 0 spiro atoms. The molecule has 0 saturated carbocycles. The predicted octanol–water partition coefficient (Wildman–Crippen LogP) is -10.8. The van der Waals surface area contributed by atoms with E-state index in [9.17, 15) is 30.6 Å². The van der Waals surface area contributed by atoms with Crippen LogP contribution in [0.25, 0.3) is 0 Å². The predicted molar refractivity (Wildman–Crippen MR) is 311 cm³/mol. The first-order valence-corrected chi connectivity index (χ1v) is 27.5. The summed E-state index contributed by atoms with van der Waals surface area (Å²) >= 11 is 0. The Balaban J connectivity index is -0.0000000630. The molecule has 0 aliphatic heterocycles. The molecule has 0 bridgehead atoms. The van der Waals surface area contributed by atoms with Crippen LogP contribution in [0.4, 0.5) is 0 Å². The van der Waals surface area contributed by atoms with Gasteiger partial charge in [-0.3, -0.25) is 30.0 Å². The average molecular weight is 1780 g/mol. The Hall–Kier alpha value is -5.59. The van der Waals surface area contributed by atoms with Crippen molar-refractivity contribution >= 4 is 37.3 Å². The minimum absolute atomic E-state index is 0. The molecular weight excluding hydrogens is 1700 g/mol. The van der Waals surface area contributed by atoms with Gasteiger partial charge in [0.1, 0.15) is 34.5 Å². The molecule has 0 aliphatic rings. The maximum Gasteiger partial charge on any atom is 2.00 e. The van der Waals surface area contributed by atoms with E-state index >= 15 is 0 Å².